The average molecular weight is 426 g/mol. The fraction of sp³-hybridized carbons (Fsp3) is 0.0556. The summed E-state index contributed by atoms with van der Waals surface area (Å²) < 4.78 is 10.6. The summed E-state index contributed by atoms with van der Waals surface area (Å²) in [6.45, 7) is -0.334. The van der Waals surface area contributed by atoms with E-state index in [1.165, 1.54) is 18.5 Å². The Morgan fingerprint density at radius 3 is 2.85 bits per heavy atom. The first-order chi connectivity index (χ1) is 13.0. The Morgan fingerprint density at radius 2 is 2.04 bits per heavy atom. The van der Waals surface area contributed by atoms with Crippen LogP contribution in [0.1, 0.15) is 5.56 Å². The predicted molar refractivity (Wildman–Crippen MR) is 105 cm³/mol. The zero-order valence-electron chi connectivity index (χ0n) is 13.5. The van der Waals surface area contributed by atoms with Crippen LogP contribution < -0.4 is 15.6 Å². The minimum atomic E-state index is -0.546. The fourth-order valence-electron chi connectivity index (χ4n) is 2.15. The lowest BCUT2D eigenvalue weighted by Crippen LogP contribution is -2.25. The van der Waals surface area contributed by atoms with Gasteiger partial charge in [0.05, 0.1) is 22.2 Å². The molecule has 9 heteroatoms. The van der Waals surface area contributed by atoms with Crippen molar-refractivity contribution in [2.45, 2.75) is 0 Å². The van der Waals surface area contributed by atoms with Gasteiger partial charge in [-0.2, -0.15) is 5.10 Å². The summed E-state index contributed by atoms with van der Waals surface area (Å²) in [6, 6.07) is 9.54. The number of hydrogen-bond acceptors (Lipinski definition) is 5. The van der Waals surface area contributed by atoms with E-state index in [9.17, 15) is 9.59 Å². The smallest absolute Gasteiger partial charge is 0.277 e. The molecule has 0 radical (unpaired) electrons. The van der Waals surface area contributed by atoms with Gasteiger partial charge in [-0.3, -0.25) is 9.59 Å². The number of hydrogen-bond donors (Lipinski definition) is 1. The highest BCUT2D eigenvalue weighted by atomic mass is 35.5. The van der Waals surface area contributed by atoms with Gasteiger partial charge in [0.15, 0.2) is 6.61 Å². The van der Waals surface area contributed by atoms with Crippen LogP contribution in [0.2, 0.25) is 15.1 Å². The van der Waals surface area contributed by atoms with Crippen molar-refractivity contribution < 1.29 is 13.9 Å². The summed E-state index contributed by atoms with van der Waals surface area (Å²) in [4.78, 5) is 24.2. The van der Waals surface area contributed by atoms with Crippen LogP contribution in [0.15, 0.2) is 57.0 Å². The molecule has 0 aliphatic rings. The van der Waals surface area contributed by atoms with E-state index in [2.05, 4.69) is 10.5 Å². The zero-order valence-corrected chi connectivity index (χ0v) is 15.8. The molecule has 2 aromatic carbocycles. The molecule has 3 rings (SSSR count). The van der Waals surface area contributed by atoms with Crippen molar-refractivity contribution in [1.82, 2.24) is 5.43 Å². The summed E-state index contributed by atoms with van der Waals surface area (Å²) in [5, 5.41) is 4.98. The highest BCUT2D eigenvalue weighted by Gasteiger charge is 2.09. The molecule has 0 fully saturated rings. The summed E-state index contributed by atoms with van der Waals surface area (Å²) in [7, 11) is 0. The quantitative estimate of drug-likeness (QED) is 0.488. The van der Waals surface area contributed by atoms with Crippen molar-refractivity contribution in [3.8, 4) is 5.75 Å². The Morgan fingerprint density at radius 1 is 1.22 bits per heavy atom. The molecule has 0 atom stereocenters. The lowest BCUT2D eigenvalue weighted by molar-refractivity contribution is -0.123. The molecule has 6 nitrogen and oxygen atoms in total. The zero-order chi connectivity index (χ0) is 19.4. The average Bonchev–Trinajstić information content (AvgIpc) is 2.65. The van der Waals surface area contributed by atoms with Crippen LogP contribution >= 0.6 is 34.8 Å². The first-order valence-corrected chi connectivity index (χ1v) is 8.69. The van der Waals surface area contributed by atoms with Crippen molar-refractivity contribution in [2.75, 3.05) is 6.61 Å². The van der Waals surface area contributed by atoms with Crippen LogP contribution in [0.25, 0.3) is 11.0 Å². The van der Waals surface area contributed by atoms with Crippen LogP contribution in [0, 0.1) is 0 Å². The van der Waals surface area contributed by atoms with Gasteiger partial charge in [0.1, 0.15) is 22.6 Å². The molecule has 1 N–H and O–H groups in total. The fourth-order valence-corrected chi connectivity index (χ4v) is 2.67. The minimum Gasteiger partial charge on any atom is -0.482 e. The molecule has 1 aromatic heterocycles. The predicted octanol–water partition coefficient (Wildman–Crippen LogP) is 4.28. The van der Waals surface area contributed by atoms with E-state index in [4.69, 9.17) is 44.0 Å². The number of fused-ring (bicyclic) bond motifs is 1. The van der Waals surface area contributed by atoms with Crippen LogP contribution in [0.3, 0.4) is 0 Å². The van der Waals surface area contributed by atoms with Crippen molar-refractivity contribution in [1.29, 1.82) is 0 Å². The third-order valence-electron chi connectivity index (χ3n) is 3.43. The number of carbonyl (C=O) groups excluding carboxylic acids is 1. The van der Waals surface area contributed by atoms with Crippen molar-refractivity contribution in [3.05, 3.63) is 73.5 Å². The van der Waals surface area contributed by atoms with Gasteiger partial charge in [-0.1, -0.05) is 40.9 Å². The number of nitrogens with one attached hydrogen (secondary N) is 1. The first-order valence-electron chi connectivity index (χ1n) is 7.55. The number of hydrazone groups is 1. The number of halogens is 3. The SMILES string of the molecule is O=C(COc1cccc(Cl)c1Cl)NN=Cc1coc2ccc(Cl)cc2c1=O. The van der Waals surface area contributed by atoms with Gasteiger partial charge >= 0.3 is 0 Å². The third kappa shape index (κ3) is 4.60. The van der Waals surface area contributed by atoms with E-state index in [1.807, 2.05) is 0 Å². The van der Waals surface area contributed by atoms with Gasteiger partial charge in [-0.15, -0.1) is 0 Å². The minimum absolute atomic E-state index is 0.156. The molecule has 3 aromatic rings. The van der Waals surface area contributed by atoms with Gasteiger partial charge in [0.25, 0.3) is 5.91 Å². The van der Waals surface area contributed by atoms with Crippen LogP contribution in [-0.4, -0.2) is 18.7 Å². The summed E-state index contributed by atoms with van der Waals surface area (Å²) in [5.74, 6) is -0.272. The third-order valence-corrected chi connectivity index (χ3v) is 4.47. The van der Waals surface area contributed by atoms with E-state index >= 15 is 0 Å². The van der Waals surface area contributed by atoms with E-state index in [0.717, 1.165) is 0 Å². The Kier molecular flexibility index (Phi) is 6.01. The number of carbonyl (C=O) groups is 1. The van der Waals surface area contributed by atoms with Crippen molar-refractivity contribution >= 4 is 57.9 Å². The second-order valence-electron chi connectivity index (χ2n) is 5.29. The Bertz CT molecular complexity index is 1100. The lowest BCUT2D eigenvalue weighted by Gasteiger charge is -2.07. The normalized spacial score (nSPS) is 11.1. The molecule has 0 spiro atoms. The van der Waals surface area contributed by atoms with Crippen molar-refractivity contribution in [3.63, 3.8) is 0 Å². The van der Waals surface area contributed by atoms with Gasteiger partial charge in [0.2, 0.25) is 5.43 Å². The molecule has 1 amide bonds. The number of rotatable bonds is 5. The molecule has 0 saturated carbocycles. The second-order valence-corrected chi connectivity index (χ2v) is 6.52. The Labute approximate surface area is 168 Å². The number of ether oxygens (including phenoxy) is 1. The van der Waals surface area contributed by atoms with Crippen LogP contribution in [-0.2, 0) is 4.79 Å². The largest absolute Gasteiger partial charge is 0.482 e. The maximum Gasteiger partial charge on any atom is 0.277 e. The van der Waals surface area contributed by atoms with Crippen LogP contribution in [0.4, 0.5) is 0 Å². The Hall–Kier alpha value is -2.54. The molecule has 1 heterocycles. The molecule has 0 saturated heterocycles. The molecule has 27 heavy (non-hydrogen) atoms. The van der Waals surface area contributed by atoms with Gasteiger partial charge in [0, 0.05) is 5.02 Å². The topological polar surface area (TPSA) is 80.9 Å². The van der Waals surface area contributed by atoms with Gasteiger partial charge in [-0.25, -0.2) is 5.43 Å². The van der Waals surface area contributed by atoms with Crippen molar-refractivity contribution in [2.24, 2.45) is 5.10 Å². The molecule has 138 valence electrons. The van der Waals surface area contributed by atoms with Crippen LogP contribution in [0.5, 0.6) is 5.75 Å². The first kappa shape index (κ1) is 19.2. The van der Waals surface area contributed by atoms with Gasteiger partial charge < -0.3 is 9.15 Å². The Balaban J connectivity index is 1.64. The number of amides is 1. The highest BCUT2D eigenvalue weighted by Crippen LogP contribution is 2.31. The highest BCUT2D eigenvalue weighted by molar-refractivity contribution is 6.42. The molecule has 0 bridgehead atoms. The second kappa shape index (κ2) is 8.43. The summed E-state index contributed by atoms with van der Waals surface area (Å²) in [6.07, 6.45) is 2.42. The van der Waals surface area contributed by atoms with Gasteiger partial charge in [-0.05, 0) is 30.3 Å². The molecule has 0 aliphatic heterocycles. The standard InChI is InChI=1S/C18H11Cl3N2O4/c19-11-4-5-14-12(6-11)18(25)10(8-26-14)7-22-23-16(24)9-27-15-3-1-2-13(20)17(15)21/h1-8H,9H2,(H,23,24). The van der Waals surface area contributed by atoms with E-state index in [-0.39, 0.29) is 28.4 Å². The maximum absolute atomic E-state index is 12.4. The molecule has 0 unspecified atom stereocenters. The monoisotopic (exact) mass is 424 g/mol. The summed E-state index contributed by atoms with van der Waals surface area (Å²) >= 11 is 17.7. The van der Waals surface area contributed by atoms with E-state index in [0.29, 0.717) is 21.0 Å². The molecular formula is C18H11Cl3N2O4. The summed E-state index contributed by atoms with van der Waals surface area (Å²) in [5.41, 5.74) is 2.48. The lowest BCUT2D eigenvalue weighted by atomic mass is 10.2. The van der Waals surface area contributed by atoms with E-state index < -0.39 is 5.91 Å². The molecule has 0 aliphatic carbocycles. The molecular weight excluding hydrogens is 415 g/mol. The number of benzene rings is 2. The van der Waals surface area contributed by atoms with E-state index in [1.54, 1.807) is 30.3 Å². The number of nitrogens with zero attached hydrogens (tertiary/aromatic N) is 1. The maximum atomic E-state index is 12.4.